The van der Waals surface area contributed by atoms with Crippen LogP contribution in [-0.2, 0) is 4.79 Å². The van der Waals surface area contributed by atoms with Gasteiger partial charge in [-0.25, -0.2) is 0 Å². The van der Waals surface area contributed by atoms with E-state index in [1.807, 2.05) is 11.4 Å². The van der Waals surface area contributed by atoms with Gasteiger partial charge in [-0.1, -0.05) is 6.07 Å². The van der Waals surface area contributed by atoms with Crippen LogP contribution >= 0.6 is 11.3 Å². The largest absolute Gasteiger partial charge is 0.353 e. The highest BCUT2D eigenvalue weighted by molar-refractivity contribution is 7.12. The molecule has 0 aliphatic heterocycles. The van der Waals surface area contributed by atoms with Crippen molar-refractivity contribution in [1.82, 2.24) is 10.6 Å². The second-order valence-corrected chi connectivity index (χ2v) is 3.73. The van der Waals surface area contributed by atoms with Gasteiger partial charge >= 0.3 is 0 Å². The lowest BCUT2D eigenvalue weighted by Gasteiger charge is -2.04. The maximum Gasteiger partial charge on any atom is 0.261 e. The first-order valence-corrected chi connectivity index (χ1v) is 5.40. The third-order valence-corrected chi connectivity index (χ3v) is 2.53. The van der Waals surface area contributed by atoms with Crippen molar-refractivity contribution in [2.45, 2.75) is 0 Å². The second kappa shape index (κ2) is 6.15. The van der Waals surface area contributed by atoms with E-state index in [1.165, 1.54) is 11.3 Å². The van der Waals surface area contributed by atoms with Crippen LogP contribution in [0.3, 0.4) is 0 Å². The average molecular weight is 227 g/mol. The Hall–Kier alpha value is -1.40. The van der Waals surface area contributed by atoms with Crippen molar-refractivity contribution in [2.24, 2.45) is 5.73 Å². The molecule has 1 rings (SSSR count). The molecular formula is C9H13N3O2S. The minimum Gasteiger partial charge on any atom is -0.353 e. The van der Waals surface area contributed by atoms with E-state index in [9.17, 15) is 9.59 Å². The predicted octanol–water partition coefficient (Wildman–Crippen LogP) is -0.447. The first kappa shape index (κ1) is 11.7. The van der Waals surface area contributed by atoms with Crippen LogP contribution in [0, 0.1) is 0 Å². The highest BCUT2D eigenvalue weighted by Crippen LogP contribution is 2.07. The second-order valence-electron chi connectivity index (χ2n) is 2.79. The van der Waals surface area contributed by atoms with Crippen LogP contribution in [-0.4, -0.2) is 31.4 Å². The van der Waals surface area contributed by atoms with Crippen molar-refractivity contribution in [3.8, 4) is 0 Å². The lowest BCUT2D eigenvalue weighted by Crippen LogP contribution is -2.37. The van der Waals surface area contributed by atoms with Crippen molar-refractivity contribution >= 4 is 23.2 Å². The van der Waals surface area contributed by atoms with Crippen molar-refractivity contribution in [2.75, 3.05) is 19.6 Å². The van der Waals surface area contributed by atoms with Gasteiger partial charge < -0.3 is 16.4 Å². The van der Waals surface area contributed by atoms with Crippen LogP contribution in [0.1, 0.15) is 9.67 Å². The number of carbonyl (C=O) groups is 2. The molecule has 0 aliphatic rings. The zero-order chi connectivity index (χ0) is 11.1. The van der Waals surface area contributed by atoms with Gasteiger partial charge in [-0.2, -0.15) is 0 Å². The summed E-state index contributed by atoms with van der Waals surface area (Å²) in [6.45, 7) is 0.772. The number of rotatable bonds is 5. The van der Waals surface area contributed by atoms with Gasteiger partial charge in [-0.05, 0) is 11.4 Å². The molecule has 0 saturated carbocycles. The van der Waals surface area contributed by atoms with Gasteiger partial charge in [0.25, 0.3) is 5.91 Å². The Morgan fingerprint density at radius 1 is 1.33 bits per heavy atom. The van der Waals surface area contributed by atoms with Crippen molar-refractivity contribution in [3.05, 3.63) is 22.4 Å². The SMILES string of the molecule is NCC(=O)NCCNC(=O)c1cccs1. The fourth-order valence-electron chi connectivity index (χ4n) is 0.945. The quantitative estimate of drug-likeness (QED) is 0.596. The summed E-state index contributed by atoms with van der Waals surface area (Å²) in [5, 5.41) is 7.08. The summed E-state index contributed by atoms with van der Waals surface area (Å²) in [7, 11) is 0. The number of thiophene rings is 1. The zero-order valence-electron chi connectivity index (χ0n) is 8.16. The molecule has 0 saturated heterocycles. The highest BCUT2D eigenvalue weighted by atomic mass is 32.1. The summed E-state index contributed by atoms with van der Waals surface area (Å²) in [6.07, 6.45) is 0. The Balaban J connectivity index is 2.16. The number of nitrogens with one attached hydrogen (secondary N) is 2. The number of hydrogen-bond acceptors (Lipinski definition) is 4. The van der Waals surface area contributed by atoms with Crippen LogP contribution in [0.15, 0.2) is 17.5 Å². The maximum absolute atomic E-state index is 11.4. The van der Waals surface area contributed by atoms with E-state index in [4.69, 9.17) is 5.73 Å². The molecule has 0 atom stereocenters. The molecule has 6 heteroatoms. The van der Waals surface area contributed by atoms with Crippen molar-refractivity contribution in [3.63, 3.8) is 0 Å². The molecule has 5 nitrogen and oxygen atoms in total. The number of hydrogen-bond donors (Lipinski definition) is 3. The van der Waals surface area contributed by atoms with Gasteiger partial charge in [0.1, 0.15) is 0 Å². The Kier molecular flexibility index (Phi) is 4.79. The smallest absolute Gasteiger partial charge is 0.261 e. The fourth-order valence-corrected chi connectivity index (χ4v) is 1.59. The highest BCUT2D eigenvalue weighted by Gasteiger charge is 2.04. The van der Waals surface area contributed by atoms with Crippen LogP contribution in [0.25, 0.3) is 0 Å². The zero-order valence-corrected chi connectivity index (χ0v) is 8.97. The minimum atomic E-state index is -0.222. The van der Waals surface area contributed by atoms with E-state index in [2.05, 4.69) is 10.6 Å². The van der Waals surface area contributed by atoms with Gasteiger partial charge in [0.05, 0.1) is 11.4 Å². The topological polar surface area (TPSA) is 84.2 Å². The van der Waals surface area contributed by atoms with Crippen molar-refractivity contribution < 1.29 is 9.59 Å². The number of nitrogens with two attached hydrogens (primary N) is 1. The minimum absolute atomic E-state index is 0.0289. The summed E-state index contributed by atoms with van der Waals surface area (Å²) in [4.78, 5) is 22.8. The van der Waals surface area contributed by atoms with E-state index in [0.717, 1.165) is 0 Å². The lowest BCUT2D eigenvalue weighted by atomic mass is 10.4. The van der Waals surface area contributed by atoms with Crippen LogP contribution in [0.4, 0.5) is 0 Å². The third kappa shape index (κ3) is 4.09. The monoisotopic (exact) mass is 227 g/mol. The summed E-state index contributed by atoms with van der Waals surface area (Å²) >= 11 is 1.38. The summed E-state index contributed by atoms with van der Waals surface area (Å²) < 4.78 is 0. The molecule has 0 aromatic carbocycles. The van der Waals surface area contributed by atoms with Gasteiger partial charge in [-0.3, -0.25) is 9.59 Å². The van der Waals surface area contributed by atoms with Crippen LogP contribution < -0.4 is 16.4 Å². The van der Waals surface area contributed by atoms with Gasteiger partial charge in [0, 0.05) is 13.1 Å². The lowest BCUT2D eigenvalue weighted by molar-refractivity contribution is -0.119. The fraction of sp³-hybridized carbons (Fsp3) is 0.333. The first-order chi connectivity index (χ1) is 7.24. The Bertz CT molecular complexity index is 324. The maximum atomic E-state index is 11.4. The van der Waals surface area contributed by atoms with Crippen LogP contribution in [0.2, 0.25) is 0 Å². The average Bonchev–Trinajstić information content (AvgIpc) is 2.77. The molecule has 82 valence electrons. The Morgan fingerprint density at radius 3 is 2.67 bits per heavy atom. The molecular weight excluding hydrogens is 214 g/mol. The summed E-state index contributed by atoms with van der Waals surface area (Å²) in [5.74, 6) is -0.340. The van der Waals surface area contributed by atoms with Crippen molar-refractivity contribution in [1.29, 1.82) is 0 Å². The molecule has 15 heavy (non-hydrogen) atoms. The molecule has 0 fully saturated rings. The Labute approximate surface area is 91.7 Å². The molecule has 0 aliphatic carbocycles. The van der Waals surface area contributed by atoms with Gasteiger partial charge in [0.15, 0.2) is 0 Å². The number of amides is 2. The van der Waals surface area contributed by atoms with Crippen LogP contribution in [0.5, 0.6) is 0 Å². The van der Waals surface area contributed by atoms with E-state index in [-0.39, 0.29) is 18.4 Å². The molecule has 1 aromatic rings. The van der Waals surface area contributed by atoms with E-state index >= 15 is 0 Å². The molecule has 2 amide bonds. The standard InChI is InChI=1S/C9H13N3O2S/c10-6-8(13)11-3-4-12-9(14)7-2-1-5-15-7/h1-2,5H,3-4,6,10H2,(H,11,13)(H,12,14). The molecule has 0 radical (unpaired) electrons. The molecule has 0 spiro atoms. The van der Waals surface area contributed by atoms with Gasteiger partial charge in [-0.15, -0.1) is 11.3 Å². The van der Waals surface area contributed by atoms with Gasteiger partial charge in [0.2, 0.25) is 5.91 Å². The molecule has 1 aromatic heterocycles. The first-order valence-electron chi connectivity index (χ1n) is 4.52. The normalized spacial score (nSPS) is 9.67. The Morgan fingerprint density at radius 2 is 2.07 bits per heavy atom. The summed E-state index contributed by atoms with van der Waals surface area (Å²) in [5.41, 5.74) is 5.09. The predicted molar refractivity (Wildman–Crippen MR) is 58.7 cm³/mol. The molecule has 0 unspecified atom stereocenters. The molecule has 0 bridgehead atoms. The number of carbonyl (C=O) groups excluding carboxylic acids is 2. The summed E-state index contributed by atoms with van der Waals surface area (Å²) in [6, 6.07) is 3.56. The molecule has 1 heterocycles. The van der Waals surface area contributed by atoms with E-state index in [1.54, 1.807) is 6.07 Å². The third-order valence-electron chi connectivity index (χ3n) is 1.66. The molecule has 4 N–H and O–H groups in total. The van der Waals surface area contributed by atoms with E-state index < -0.39 is 0 Å². The van der Waals surface area contributed by atoms with E-state index in [0.29, 0.717) is 18.0 Å².